The van der Waals surface area contributed by atoms with Gasteiger partial charge in [-0.3, -0.25) is 4.79 Å². The van der Waals surface area contributed by atoms with Crippen LogP contribution in [0.2, 0.25) is 0 Å². The second-order valence-corrected chi connectivity index (χ2v) is 8.22. The summed E-state index contributed by atoms with van der Waals surface area (Å²) in [5.74, 6) is 1.76. The molecule has 2 aliphatic rings. The number of rotatable bonds is 4. The van der Waals surface area contributed by atoms with E-state index in [4.69, 9.17) is 0 Å². The molecule has 3 N–H and O–H groups in total. The first-order valence-corrected chi connectivity index (χ1v) is 9.96. The number of carbonyl (C=O) groups excluding carboxylic acids is 1. The van der Waals surface area contributed by atoms with Gasteiger partial charge in [-0.05, 0) is 18.8 Å². The van der Waals surface area contributed by atoms with Gasteiger partial charge in [0.15, 0.2) is 11.6 Å². The minimum Gasteiger partial charge on any atom is -0.356 e. The number of nitrogens with zero attached hydrogens (tertiary/aromatic N) is 4. The van der Waals surface area contributed by atoms with Gasteiger partial charge in [0.2, 0.25) is 11.0 Å². The van der Waals surface area contributed by atoms with E-state index in [0.717, 1.165) is 5.01 Å². The Morgan fingerprint density at radius 1 is 1.19 bits per heavy atom. The Balaban J connectivity index is 1.54. The summed E-state index contributed by atoms with van der Waals surface area (Å²) in [6.45, 7) is 3.99. The first-order valence-electron chi connectivity index (χ1n) is 9.14. The molecular formula is C17H23N7OS. The van der Waals surface area contributed by atoms with E-state index in [2.05, 4.69) is 36.1 Å². The third-order valence-electron chi connectivity index (χ3n) is 4.96. The zero-order valence-electron chi connectivity index (χ0n) is 15.0. The molecule has 1 atom stereocenters. The van der Waals surface area contributed by atoms with Gasteiger partial charge in [-0.2, -0.15) is 0 Å². The minimum atomic E-state index is -0.301. The zero-order valence-corrected chi connectivity index (χ0v) is 15.8. The van der Waals surface area contributed by atoms with Gasteiger partial charge in [0.25, 0.3) is 0 Å². The van der Waals surface area contributed by atoms with E-state index in [0.29, 0.717) is 28.4 Å². The predicted molar refractivity (Wildman–Crippen MR) is 102 cm³/mol. The first-order chi connectivity index (χ1) is 12.6. The summed E-state index contributed by atoms with van der Waals surface area (Å²) < 4.78 is 0. The lowest BCUT2D eigenvalue weighted by molar-refractivity contribution is -0.117. The summed E-state index contributed by atoms with van der Waals surface area (Å²) in [5, 5.41) is 19.7. The highest BCUT2D eigenvalue weighted by Gasteiger charge is 2.31. The lowest BCUT2D eigenvalue weighted by Crippen LogP contribution is -2.43. The van der Waals surface area contributed by atoms with Crippen molar-refractivity contribution in [3.05, 3.63) is 11.3 Å². The van der Waals surface area contributed by atoms with Crippen LogP contribution in [0.25, 0.3) is 0 Å². The molecule has 4 rings (SSSR count). The van der Waals surface area contributed by atoms with E-state index in [1.54, 1.807) is 11.3 Å². The molecule has 8 nitrogen and oxygen atoms in total. The summed E-state index contributed by atoms with van der Waals surface area (Å²) in [4.78, 5) is 20.9. The van der Waals surface area contributed by atoms with Crippen molar-refractivity contribution >= 4 is 39.7 Å². The fourth-order valence-electron chi connectivity index (χ4n) is 3.49. The molecule has 0 radical (unpaired) electrons. The van der Waals surface area contributed by atoms with E-state index in [1.165, 1.54) is 38.4 Å². The molecule has 1 amide bonds. The Bertz CT molecular complexity index is 800. The van der Waals surface area contributed by atoms with Crippen LogP contribution in [0.5, 0.6) is 0 Å². The van der Waals surface area contributed by atoms with E-state index in [9.17, 15) is 4.79 Å². The van der Waals surface area contributed by atoms with Crippen molar-refractivity contribution in [3.8, 4) is 0 Å². The van der Waals surface area contributed by atoms with Crippen molar-refractivity contribution in [1.29, 1.82) is 0 Å². The SMILES string of the molecule is CC(C)C1Nc2ncnc(Nc3nnc(C4CCCCC4)s3)c2NC1=O. The van der Waals surface area contributed by atoms with Crippen LogP contribution in [0.4, 0.5) is 22.5 Å². The number of nitrogens with one attached hydrogen (secondary N) is 3. The van der Waals surface area contributed by atoms with Crippen LogP contribution in [0.3, 0.4) is 0 Å². The average Bonchev–Trinajstić information content (AvgIpc) is 3.11. The molecule has 138 valence electrons. The molecule has 0 spiro atoms. The summed E-state index contributed by atoms with van der Waals surface area (Å²) in [5.41, 5.74) is 0.559. The van der Waals surface area contributed by atoms with E-state index in [1.807, 2.05) is 13.8 Å². The van der Waals surface area contributed by atoms with Crippen LogP contribution in [-0.2, 0) is 4.79 Å². The first kappa shape index (κ1) is 17.1. The molecule has 26 heavy (non-hydrogen) atoms. The normalized spacial score (nSPS) is 20.4. The van der Waals surface area contributed by atoms with Crippen molar-refractivity contribution in [2.45, 2.75) is 57.9 Å². The van der Waals surface area contributed by atoms with Gasteiger partial charge in [0.05, 0.1) is 0 Å². The molecule has 0 aromatic carbocycles. The predicted octanol–water partition coefficient (Wildman–Crippen LogP) is 3.51. The van der Waals surface area contributed by atoms with Gasteiger partial charge in [-0.25, -0.2) is 9.97 Å². The lowest BCUT2D eigenvalue weighted by atomic mass is 9.90. The smallest absolute Gasteiger partial charge is 0.247 e. The number of amides is 1. The summed E-state index contributed by atoms with van der Waals surface area (Å²) in [6, 6.07) is -0.301. The van der Waals surface area contributed by atoms with Crippen molar-refractivity contribution in [2.75, 3.05) is 16.0 Å². The number of carbonyl (C=O) groups is 1. The maximum Gasteiger partial charge on any atom is 0.247 e. The average molecular weight is 373 g/mol. The second kappa shape index (κ2) is 7.14. The lowest BCUT2D eigenvalue weighted by Gasteiger charge is -2.28. The highest BCUT2D eigenvalue weighted by molar-refractivity contribution is 7.15. The molecule has 0 saturated heterocycles. The third-order valence-corrected chi connectivity index (χ3v) is 5.96. The fourth-order valence-corrected chi connectivity index (χ4v) is 4.40. The van der Waals surface area contributed by atoms with Gasteiger partial charge in [0.1, 0.15) is 23.1 Å². The Labute approximate surface area is 156 Å². The summed E-state index contributed by atoms with van der Waals surface area (Å²) in [7, 11) is 0. The van der Waals surface area contributed by atoms with Crippen molar-refractivity contribution < 1.29 is 4.79 Å². The second-order valence-electron chi connectivity index (χ2n) is 7.21. The molecule has 2 aromatic heterocycles. The zero-order chi connectivity index (χ0) is 18.1. The van der Waals surface area contributed by atoms with Gasteiger partial charge in [0, 0.05) is 5.92 Å². The minimum absolute atomic E-state index is 0.0782. The van der Waals surface area contributed by atoms with Gasteiger partial charge in [-0.1, -0.05) is 44.4 Å². The van der Waals surface area contributed by atoms with Crippen LogP contribution in [-0.4, -0.2) is 32.1 Å². The Hall–Kier alpha value is -2.29. The van der Waals surface area contributed by atoms with Crippen molar-refractivity contribution in [3.63, 3.8) is 0 Å². The molecule has 1 fully saturated rings. The highest BCUT2D eigenvalue weighted by atomic mass is 32.1. The number of aromatic nitrogens is 4. The number of anilines is 4. The maximum atomic E-state index is 12.3. The summed E-state index contributed by atoms with van der Waals surface area (Å²) in [6.07, 6.45) is 7.70. The van der Waals surface area contributed by atoms with Gasteiger partial charge in [-0.15, -0.1) is 10.2 Å². The van der Waals surface area contributed by atoms with Crippen LogP contribution < -0.4 is 16.0 Å². The molecule has 3 heterocycles. The fraction of sp³-hybridized carbons (Fsp3) is 0.588. The standard InChI is InChI=1S/C17H23N7OS/c1-9(2)11-15(25)21-12-13(20-11)18-8-19-14(12)22-17-24-23-16(26-17)10-6-4-3-5-7-10/h8-11H,3-7H2,1-2H3,(H,21,25)(H2,18,19,20,22,24). The molecule has 1 saturated carbocycles. The van der Waals surface area contributed by atoms with Gasteiger partial charge >= 0.3 is 0 Å². The number of hydrogen-bond donors (Lipinski definition) is 3. The number of hydrogen-bond acceptors (Lipinski definition) is 8. The third kappa shape index (κ3) is 3.35. The van der Waals surface area contributed by atoms with Crippen LogP contribution in [0, 0.1) is 5.92 Å². The highest BCUT2D eigenvalue weighted by Crippen LogP contribution is 2.37. The molecule has 1 aliphatic heterocycles. The van der Waals surface area contributed by atoms with Gasteiger partial charge < -0.3 is 16.0 Å². The monoisotopic (exact) mass is 373 g/mol. The molecule has 9 heteroatoms. The Morgan fingerprint density at radius 3 is 2.77 bits per heavy atom. The largest absolute Gasteiger partial charge is 0.356 e. The Morgan fingerprint density at radius 2 is 2.00 bits per heavy atom. The quantitative estimate of drug-likeness (QED) is 0.753. The number of fused-ring (bicyclic) bond motifs is 1. The Kier molecular flexibility index (Phi) is 4.71. The molecular weight excluding hydrogens is 350 g/mol. The van der Waals surface area contributed by atoms with Crippen LogP contribution in [0.15, 0.2) is 6.33 Å². The van der Waals surface area contributed by atoms with Crippen molar-refractivity contribution in [2.24, 2.45) is 5.92 Å². The van der Waals surface area contributed by atoms with E-state index < -0.39 is 0 Å². The van der Waals surface area contributed by atoms with Crippen LogP contribution in [0.1, 0.15) is 56.9 Å². The summed E-state index contributed by atoms with van der Waals surface area (Å²) >= 11 is 1.56. The molecule has 0 bridgehead atoms. The van der Waals surface area contributed by atoms with E-state index in [-0.39, 0.29) is 17.9 Å². The molecule has 1 unspecified atom stereocenters. The van der Waals surface area contributed by atoms with Crippen molar-refractivity contribution in [1.82, 2.24) is 20.2 Å². The van der Waals surface area contributed by atoms with E-state index >= 15 is 0 Å². The van der Waals surface area contributed by atoms with Crippen LogP contribution >= 0.6 is 11.3 Å². The maximum absolute atomic E-state index is 12.3. The molecule has 1 aliphatic carbocycles. The topological polar surface area (TPSA) is 105 Å². The molecule has 2 aromatic rings.